The van der Waals surface area contributed by atoms with E-state index in [1.807, 2.05) is 51.1 Å². The Morgan fingerprint density at radius 1 is 0.909 bits per heavy atom. The number of esters is 1. The zero-order valence-electron chi connectivity index (χ0n) is 19.0. The van der Waals surface area contributed by atoms with Crippen molar-refractivity contribution in [3.63, 3.8) is 0 Å². The molecule has 0 atom stereocenters. The van der Waals surface area contributed by atoms with Crippen LogP contribution in [0.5, 0.6) is 11.5 Å². The van der Waals surface area contributed by atoms with Crippen molar-refractivity contribution in [2.45, 2.75) is 20.8 Å². The zero-order valence-corrected chi connectivity index (χ0v) is 19.0. The highest BCUT2D eigenvalue weighted by molar-refractivity contribution is 5.91. The standard InChI is InChI=1S/C28H24O5/c1-17-5-7-20(8-6-17)9-14-24(29)33-28-26(30)25-19(3)15-18(2)16-23(25)32-27(28)21-10-12-22(31-4)13-11-21/h5-16H,1-4H3. The Balaban J connectivity index is 1.80. The molecule has 0 amide bonds. The normalized spacial score (nSPS) is 11.2. The topological polar surface area (TPSA) is 65.7 Å². The zero-order chi connectivity index (χ0) is 23.5. The molecular formula is C28H24O5. The molecule has 0 aliphatic carbocycles. The van der Waals surface area contributed by atoms with E-state index >= 15 is 0 Å². The van der Waals surface area contributed by atoms with Crippen LogP contribution in [0.25, 0.3) is 28.4 Å². The maximum absolute atomic E-state index is 13.4. The summed E-state index contributed by atoms with van der Waals surface area (Å²) < 4.78 is 16.9. The monoisotopic (exact) mass is 440 g/mol. The summed E-state index contributed by atoms with van der Waals surface area (Å²) in [6.07, 6.45) is 2.94. The first kappa shape index (κ1) is 22.1. The maximum atomic E-state index is 13.4. The summed E-state index contributed by atoms with van der Waals surface area (Å²) in [4.78, 5) is 26.1. The summed E-state index contributed by atoms with van der Waals surface area (Å²) in [5.41, 5.74) is 4.35. The van der Waals surface area contributed by atoms with Gasteiger partial charge in [-0.05, 0) is 73.9 Å². The van der Waals surface area contributed by atoms with Gasteiger partial charge in [-0.1, -0.05) is 35.9 Å². The summed E-state index contributed by atoms with van der Waals surface area (Å²) in [6, 6.07) is 18.4. The van der Waals surface area contributed by atoms with Crippen LogP contribution in [0.3, 0.4) is 0 Å². The minimum absolute atomic E-state index is 0.141. The number of hydrogen-bond acceptors (Lipinski definition) is 5. The number of carbonyl (C=O) groups excluding carboxylic acids is 1. The predicted octanol–water partition coefficient (Wildman–Crippen LogP) is 6.01. The van der Waals surface area contributed by atoms with Gasteiger partial charge in [0.1, 0.15) is 11.3 Å². The molecule has 0 aliphatic rings. The second-order valence-electron chi connectivity index (χ2n) is 7.94. The summed E-state index contributed by atoms with van der Waals surface area (Å²) in [5.74, 6) is 0.0466. The number of aryl methyl sites for hydroxylation is 3. The fourth-order valence-corrected chi connectivity index (χ4v) is 3.67. The number of methoxy groups -OCH3 is 1. The van der Waals surface area contributed by atoms with Gasteiger partial charge in [0, 0.05) is 11.6 Å². The predicted molar refractivity (Wildman–Crippen MR) is 130 cm³/mol. The fourth-order valence-electron chi connectivity index (χ4n) is 3.67. The first-order valence-corrected chi connectivity index (χ1v) is 10.5. The number of rotatable bonds is 5. The molecule has 166 valence electrons. The van der Waals surface area contributed by atoms with Crippen LogP contribution in [-0.4, -0.2) is 13.1 Å². The van der Waals surface area contributed by atoms with E-state index < -0.39 is 11.4 Å². The molecule has 0 fully saturated rings. The average molecular weight is 440 g/mol. The molecule has 0 unspecified atom stereocenters. The highest BCUT2D eigenvalue weighted by atomic mass is 16.5. The molecule has 0 aliphatic heterocycles. The van der Waals surface area contributed by atoms with Gasteiger partial charge in [0.05, 0.1) is 12.5 Å². The van der Waals surface area contributed by atoms with Gasteiger partial charge >= 0.3 is 5.97 Å². The summed E-state index contributed by atoms with van der Waals surface area (Å²) in [6.45, 7) is 5.76. The molecule has 0 bridgehead atoms. The first-order valence-electron chi connectivity index (χ1n) is 10.5. The Labute approximate surface area is 191 Å². The van der Waals surface area contributed by atoms with Gasteiger partial charge in [-0.15, -0.1) is 0 Å². The van der Waals surface area contributed by atoms with Gasteiger partial charge in [0.15, 0.2) is 5.76 Å². The summed E-state index contributed by atoms with van der Waals surface area (Å²) in [7, 11) is 1.57. The van der Waals surface area contributed by atoms with Gasteiger partial charge in [0.25, 0.3) is 0 Å². The molecule has 0 saturated heterocycles. The molecule has 5 heteroatoms. The summed E-state index contributed by atoms with van der Waals surface area (Å²) >= 11 is 0. The van der Waals surface area contributed by atoms with Crippen LogP contribution < -0.4 is 14.9 Å². The van der Waals surface area contributed by atoms with Crippen molar-refractivity contribution < 1.29 is 18.7 Å². The van der Waals surface area contributed by atoms with Crippen molar-refractivity contribution in [1.82, 2.24) is 0 Å². The molecule has 0 radical (unpaired) electrons. The molecule has 4 rings (SSSR count). The maximum Gasteiger partial charge on any atom is 0.336 e. The molecule has 0 spiro atoms. The van der Waals surface area contributed by atoms with E-state index in [1.54, 1.807) is 43.5 Å². The van der Waals surface area contributed by atoms with Crippen LogP contribution >= 0.6 is 0 Å². The average Bonchev–Trinajstić information content (AvgIpc) is 2.80. The number of fused-ring (bicyclic) bond motifs is 1. The van der Waals surface area contributed by atoms with E-state index in [0.29, 0.717) is 22.3 Å². The molecule has 1 aromatic heterocycles. The van der Waals surface area contributed by atoms with Gasteiger partial charge in [0.2, 0.25) is 11.2 Å². The van der Waals surface area contributed by atoms with Gasteiger partial charge in [-0.25, -0.2) is 4.79 Å². The Morgan fingerprint density at radius 3 is 2.27 bits per heavy atom. The van der Waals surface area contributed by atoms with E-state index in [-0.39, 0.29) is 11.5 Å². The minimum atomic E-state index is -0.665. The van der Waals surface area contributed by atoms with Crippen molar-refractivity contribution in [2.75, 3.05) is 7.11 Å². The fraction of sp³-hybridized carbons (Fsp3) is 0.143. The Morgan fingerprint density at radius 2 is 1.61 bits per heavy atom. The SMILES string of the molecule is COc1ccc(-c2oc3cc(C)cc(C)c3c(=O)c2OC(=O)C=Cc2ccc(C)cc2)cc1. The van der Waals surface area contributed by atoms with Crippen LogP contribution in [0, 0.1) is 20.8 Å². The molecule has 4 aromatic rings. The molecule has 0 N–H and O–H groups in total. The number of hydrogen-bond donors (Lipinski definition) is 0. The van der Waals surface area contributed by atoms with E-state index in [0.717, 1.165) is 22.3 Å². The lowest BCUT2D eigenvalue weighted by Crippen LogP contribution is -2.15. The highest BCUT2D eigenvalue weighted by Crippen LogP contribution is 2.33. The second kappa shape index (κ2) is 9.17. The van der Waals surface area contributed by atoms with Crippen molar-refractivity contribution in [2.24, 2.45) is 0 Å². The molecule has 33 heavy (non-hydrogen) atoms. The minimum Gasteiger partial charge on any atom is -0.497 e. The molecule has 3 aromatic carbocycles. The van der Waals surface area contributed by atoms with Crippen molar-refractivity contribution in [3.05, 3.63) is 99.2 Å². The molecule has 1 heterocycles. The van der Waals surface area contributed by atoms with E-state index in [1.165, 1.54) is 6.08 Å². The van der Waals surface area contributed by atoms with Gasteiger partial charge in [-0.3, -0.25) is 4.79 Å². The molecular weight excluding hydrogens is 416 g/mol. The van der Waals surface area contributed by atoms with E-state index in [9.17, 15) is 9.59 Å². The smallest absolute Gasteiger partial charge is 0.336 e. The number of carbonyl (C=O) groups is 1. The Bertz CT molecular complexity index is 1410. The number of ether oxygens (including phenoxy) is 2. The Kier molecular flexibility index (Phi) is 6.13. The lowest BCUT2D eigenvalue weighted by molar-refractivity contribution is -0.129. The number of benzene rings is 3. The quantitative estimate of drug-likeness (QED) is 0.281. The van der Waals surface area contributed by atoms with Crippen LogP contribution in [0.2, 0.25) is 0 Å². The van der Waals surface area contributed by atoms with Crippen molar-refractivity contribution in [3.8, 4) is 22.8 Å². The first-order chi connectivity index (χ1) is 15.9. The molecule has 5 nitrogen and oxygen atoms in total. The third kappa shape index (κ3) is 4.72. The second-order valence-corrected chi connectivity index (χ2v) is 7.94. The van der Waals surface area contributed by atoms with Crippen molar-refractivity contribution in [1.29, 1.82) is 0 Å². The Hall–Kier alpha value is -4.12. The van der Waals surface area contributed by atoms with Crippen LogP contribution in [0.1, 0.15) is 22.3 Å². The van der Waals surface area contributed by atoms with E-state index in [2.05, 4.69) is 0 Å². The lowest BCUT2D eigenvalue weighted by Gasteiger charge is -2.12. The third-order valence-corrected chi connectivity index (χ3v) is 5.34. The van der Waals surface area contributed by atoms with Gasteiger partial charge in [-0.2, -0.15) is 0 Å². The van der Waals surface area contributed by atoms with Crippen LogP contribution in [-0.2, 0) is 4.79 Å². The van der Waals surface area contributed by atoms with Crippen LogP contribution in [0.4, 0.5) is 0 Å². The highest BCUT2D eigenvalue weighted by Gasteiger charge is 2.21. The summed E-state index contributed by atoms with van der Waals surface area (Å²) in [5, 5.41) is 0.392. The van der Waals surface area contributed by atoms with Crippen molar-refractivity contribution >= 4 is 23.0 Å². The van der Waals surface area contributed by atoms with Crippen LogP contribution in [0.15, 0.2) is 76.0 Å². The van der Waals surface area contributed by atoms with E-state index in [4.69, 9.17) is 13.9 Å². The van der Waals surface area contributed by atoms with Gasteiger partial charge < -0.3 is 13.9 Å². The molecule has 0 saturated carbocycles. The lowest BCUT2D eigenvalue weighted by atomic mass is 10.0. The third-order valence-electron chi connectivity index (χ3n) is 5.34. The largest absolute Gasteiger partial charge is 0.497 e.